The van der Waals surface area contributed by atoms with Crippen LogP contribution in [0.4, 0.5) is 17.6 Å². The predicted molar refractivity (Wildman–Crippen MR) is 111 cm³/mol. The molecule has 3 aromatic heterocycles. The molecule has 158 valence electrons. The number of carbonyl (C=O) groups is 1. The molecular weight excluding hydrogens is 400 g/mol. The van der Waals surface area contributed by atoms with Crippen LogP contribution in [0.3, 0.4) is 0 Å². The largest absolute Gasteiger partial charge is 0.487 e. The molecular formula is C20H20N8O3. The molecule has 0 bridgehead atoms. The van der Waals surface area contributed by atoms with E-state index in [0.717, 1.165) is 11.4 Å². The summed E-state index contributed by atoms with van der Waals surface area (Å²) >= 11 is 0. The summed E-state index contributed by atoms with van der Waals surface area (Å²) < 4.78 is 10.9. The number of primary amides is 1. The summed E-state index contributed by atoms with van der Waals surface area (Å²) in [6, 6.07) is 14.8. The lowest BCUT2D eigenvalue weighted by Gasteiger charge is -2.05. The van der Waals surface area contributed by atoms with Crippen molar-refractivity contribution in [2.45, 2.75) is 19.6 Å². The van der Waals surface area contributed by atoms with Gasteiger partial charge >= 0.3 is 0 Å². The second kappa shape index (κ2) is 9.39. The van der Waals surface area contributed by atoms with Crippen molar-refractivity contribution in [2.24, 2.45) is 5.73 Å². The van der Waals surface area contributed by atoms with Gasteiger partial charge in [-0.2, -0.15) is 10.1 Å². The second-order valence-electron chi connectivity index (χ2n) is 6.55. The molecule has 4 aromatic rings. The molecule has 5 N–H and O–H groups in total. The molecule has 31 heavy (non-hydrogen) atoms. The van der Waals surface area contributed by atoms with Crippen LogP contribution in [0.15, 0.2) is 59.3 Å². The summed E-state index contributed by atoms with van der Waals surface area (Å²) in [6.07, 6.45) is 1.64. The molecule has 0 saturated heterocycles. The number of nitrogens with two attached hydrogens (primary N) is 1. The van der Waals surface area contributed by atoms with Gasteiger partial charge in [0.05, 0.1) is 24.4 Å². The number of nitrogens with zero attached hydrogens (tertiary/aromatic N) is 4. The molecule has 0 aliphatic carbocycles. The average Bonchev–Trinajstić information content (AvgIpc) is 3.41. The molecule has 0 aliphatic rings. The molecule has 3 heterocycles. The molecule has 0 fully saturated rings. The number of benzene rings is 1. The third-order valence-electron chi connectivity index (χ3n) is 4.06. The standard InChI is InChI=1S/C20H20N8O3/c21-17(29)9-13-8-16(31-28-13)11-23-20-22-7-6-18(25-20)24-19-10-14(26-27-19)12-30-15-4-2-1-3-5-15/h1-8,10H,9,11-12H2,(H2,21,29)(H3,22,23,24,25,26,27). The highest BCUT2D eigenvalue weighted by atomic mass is 16.5. The van der Waals surface area contributed by atoms with E-state index in [1.807, 2.05) is 36.4 Å². The van der Waals surface area contributed by atoms with Gasteiger partial charge < -0.3 is 25.6 Å². The Morgan fingerprint density at radius 2 is 2.03 bits per heavy atom. The van der Waals surface area contributed by atoms with Crippen LogP contribution in [0.5, 0.6) is 5.75 Å². The summed E-state index contributed by atoms with van der Waals surface area (Å²) in [5, 5.41) is 17.1. The van der Waals surface area contributed by atoms with Crippen LogP contribution in [0, 0.1) is 0 Å². The van der Waals surface area contributed by atoms with Crippen LogP contribution in [0.1, 0.15) is 17.1 Å². The van der Waals surface area contributed by atoms with Crippen molar-refractivity contribution in [3.8, 4) is 5.75 Å². The van der Waals surface area contributed by atoms with Gasteiger partial charge in [0.1, 0.15) is 18.2 Å². The Kier molecular flexibility index (Phi) is 6.02. The van der Waals surface area contributed by atoms with Gasteiger partial charge in [0.25, 0.3) is 0 Å². The smallest absolute Gasteiger partial charge is 0.224 e. The van der Waals surface area contributed by atoms with Crippen molar-refractivity contribution < 1.29 is 14.1 Å². The number of carbonyl (C=O) groups excluding carboxylic acids is 1. The van der Waals surface area contributed by atoms with Gasteiger partial charge in [-0.3, -0.25) is 9.89 Å². The quantitative estimate of drug-likeness (QED) is 0.302. The van der Waals surface area contributed by atoms with Gasteiger partial charge in [0.15, 0.2) is 11.6 Å². The fraction of sp³-hybridized carbons (Fsp3) is 0.150. The minimum absolute atomic E-state index is 0.0292. The minimum atomic E-state index is -0.469. The molecule has 11 heteroatoms. The summed E-state index contributed by atoms with van der Waals surface area (Å²) in [5.41, 5.74) is 6.44. The lowest BCUT2D eigenvalue weighted by molar-refractivity contribution is -0.117. The van der Waals surface area contributed by atoms with E-state index >= 15 is 0 Å². The van der Waals surface area contributed by atoms with Crippen LogP contribution in [-0.4, -0.2) is 31.2 Å². The van der Waals surface area contributed by atoms with Gasteiger partial charge in [-0.25, -0.2) is 4.98 Å². The highest BCUT2D eigenvalue weighted by molar-refractivity contribution is 5.76. The van der Waals surface area contributed by atoms with Crippen molar-refractivity contribution >= 4 is 23.5 Å². The number of ether oxygens (including phenoxy) is 1. The molecule has 0 radical (unpaired) electrons. The fourth-order valence-electron chi connectivity index (χ4n) is 2.69. The maximum absolute atomic E-state index is 10.9. The highest BCUT2D eigenvalue weighted by Crippen LogP contribution is 2.16. The first-order valence-electron chi connectivity index (χ1n) is 9.43. The zero-order valence-electron chi connectivity index (χ0n) is 16.4. The van der Waals surface area contributed by atoms with E-state index in [4.69, 9.17) is 15.0 Å². The first-order chi connectivity index (χ1) is 15.1. The van der Waals surface area contributed by atoms with Crippen molar-refractivity contribution in [3.05, 3.63) is 71.9 Å². The first kappa shape index (κ1) is 19.9. The van der Waals surface area contributed by atoms with Gasteiger partial charge in [0.2, 0.25) is 11.9 Å². The number of aromatic amines is 1. The highest BCUT2D eigenvalue weighted by Gasteiger charge is 2.08. The molecule has 0 atom stereocenters. The monoisotopic (exact) mass is 420 g/mol. The Morgan fingerprint density at radius 3 is 2.87 bits per heavy atom. The van der Waals surface area contributed by atoms with Gasteiger partial charge in [-0.1, -0.05) is 23.4 Å². The predicted octanol–water partition coefficient (Wildman–Crippen LogP) is 2.15. The number of hydrogen-bond donors (Lipinski definition) is 4. The SMILES string of the molecule is NC(=O)Cc1cc(CNc2nccc(Nc3cc(COc4ccccc4)[nH]n3)n2)on1. The van der Waals surface area contributed by atoms with Crippen LogP contribution in [-0.2, 0) is 24.4 Å². The molecule has 0 saturated carbocycles. The van der Waals surface area contributed by atoms with Crippen molar-refractivity contribution in [1.82, 2.24) is 25.3 Å². The Hall–Kier alpha value is -4.41. The Labute approximate surface area is 177 Å². The Bertz CT molecular complexity index is 1140. The van der Waals surface area contributed by atoms with E-state index in [0.29, 0.717) is 42.2 Å². The van der Waals surface area contributed by atoms with E-state index in [1.54, 1.807) is 18.3 Å². The molecule has 11 nitrogen and oxygen atoms in total. The molecule has 0 aliphatic heterocycles. The van der Waals surface area contributed by atoms with Gasteiger partial charge in [-0.15, -0.1) is 0 Å². The minimum Gasteiger partial charge on any atom is -0.487 e. The van der Waals surface area contributed by atoms with Crippen LogP contribution in [0.2, 0.25) is 0 Å². The number of aromatic nitrogens is 5. The normalized spacial score (nSPS) is 10.6. The third-order valence-corrected chi connectivity index (χ3v) is 4.06. The van der Waals surface area contributed by atoms with Crippen LogP contribution >= 0.6 is 0 Å². The summed E-state index contributed by atoms with van der Waals surface area (Å²) in [4.78, 5) is 19.5. The number of amides is 1. The van der Waals surface area contributed by atoms with Gasteiger partial charge in [0, 0.05) is 18.3 Å². The molecule has 1 amide bonds. The number of rotatable bonds is 10. The molecule has 0 spiro atoms. The van der Waals surface area contributed by atoms with Crippen LogP contribution in [0.25, 0.3) is 0 Å². The second-order valence-corrected chi connectivity index (χ2v) is 6.55. The van der Waals surface area contributed by atoms with E-state index < -0.39 is 5.91 Å². The van der Waals surface area contributed by atoms with Crippen LogP contribution < -0.4 is 21.1 Å². The average molecular weight is 420 g/mol. The summed E-state index contributed by atoms with van der Waals surface area (Å²) in [6.45, 7) is 0.669. The van der Waals surface area contributed by atoms with E-state index in [1.165, 1.54) is 0 Å². The lowest BCUT2D eigenvalue weighted by Crippen LogP contribution is -2.13. The first-order valence-corrected chi connectivity index (χ1v) is 9.43. The Morgan fingerprint density at radius 1 is 1.16 bits per heavy atom. The zero-order chi connectivity index (χ0) is 21.5. The molecule has 4 rings (SSSR count). The Balaban J connectivity index is 1.31. The fourth-order valence-corrected chi connectivity index (χ4v) is 2.69. The molecule has 1 aromatic carbocycles. The summed E-state index contributed by atoms with van der Waals surface area (Å²) in [5.74, 6) is 2.40. The van der Waals surface area contributed by atoms with E-state index in [-0.39, 0.29) is 6.42 Å². The molecule has 0 unspecified atom stereocenters. The van der Waals surface area contributed by atoms with Crippen molar-refractivity contribution in [2.75, 3.05) is 10.6 Å². The number of nitrogens with one attached hydrogen (secondary N) is 3. The van der Waals surface area contributed by atoms with Crippen molar-refractivity contribution in [1.29, 1.82) is 0 Å². The third kappa shape index (κ3) is 5.79. The zero-order valence-corrected chi connectivity index (χ0v) is 16.4. The topological polar surface area (TPSA) is 157 Å². The number of H-pyrrole nitrogens is 1. The van der Waals surface area contributed by atoms with Crippen molar-refractivity contribution in [3.63, 3.8) is 0 Å². The van der Waals surface area contributed by atoms with E-state index in [9.17, 15) is 4.79 Å². The number of anilines is 3. The lowest BCUT2D eigenvalue weighted by atomic mass is 10.3. The summed E-state index contributed by atoms with van der Waals surface area (Å²) in [7, 11) is 0. The number of hydrogen-bond acceptors (Lipinski definition) is 9. The maximum Gasteiger partial charge on any atom is 0.224 e. The van der Waals surface area contributed by atoms with E-state index in [2.05, 4.69) is 36.0 Å². The maximum atomic E-state index is 10.9. The van der Waals surface area contributed by atoms with Gasteiger partial charge in [-0.05, 0) is 18.2 Å². The number of para-hydroxylation sites is 1.